The Labute approximate surface area is 234 Å². The number of carbonyl (C=O) groups is 1. The Morgan fingerprint density at radius 2 is 1.83 bits per heavy atom. The fourth-order valence-electron chi connectivity index (χ4n) is 4.23. The molecule has 1 aromatic heterocycles. The van der Waals surface area contributed by atoms with E-state index in [2.05, 4.69) is 96.2 Å². The topological polar surface area (TPSA) is 36.2 Å². The fourth-order valence-corrected chi connectivity index (χ4v) is 6.63. The number of rotatable bonds is 10. The minimum atomic E-state index is 0. The van der Waals surface area contributed by atoms with Gasteiger partial charge in [-0.15, -0.1) is 0 Å². The molecule has 0 aliphatic carbocycles. The number of fused-ring (bicyclic) bond motifs is 2. The third-order valence-corrected chi connectivity index (χ3v) is 8.24. The van der Waals surface area contributed by atoms with Crippen LogP contribution in [-0.2, 0) is 11.3 Å². The standard InChI is InChI=1S/C28H33N3OS2.HI/c1-4-7-18-29-26(32)17-16-21(19-27-30(5-2)22-12-8-10-14-24(22)33-27)20-28-31(6-3)23-13-9-11-15-25(23)34-28;/h8-15,19-20H,4-7,16-18H2,1-3H3;1H. The molecule has 3 aromatic rings. The van der Waals surface area contributed by atoms with E-state index in [-0.39, 0.29) is 29.9 Å². The van der Waals surface area contributed by atoms with Gasteiger partial charge >= 0.3 is 0 Å². The van der Waals surface area contributed by atoms with Crippen LogP contribution in [0.3, 0.4) is 0 Å². The van der Waals surface area contributed by atoms with Crippen molar-refractivity contribution >= 4 is 51.0 Å². The molecular formula is C28H34IN3OS2. The van der Waals surface area contributed by atoms with Crippen molar-refractivity contribution < 1.29 is 33.3 Å². The number of thiazole rings is 1. The Morgan fingerprint density at radius 3 is 2.60 bits per heavy atom. The first-order chi connectivity index (χ1) is 16.6. The number of carbonyl (C=O) groups excluding carboxylic acids is 1. The van der Waals surface area contributed by atoms with E-state index >= 15 is 0 Å². The molecule has 0 fully saturated rings. The van der Waals surface area contributed by atoms with Crippen LogP contribution in [0.5, 0.6) is 0 Å². The average Bonchev–Trinajstić information content (AvgIpc) is 3.39. The van der Waals surface area contributed by atoms with Crippen LogP contribution in [0.15, 0.2) is 70.1 Å². The van der Waals surface area contributed by atoms with Crippen molar-refractivity contribution in [3.63, 3.8) is 0 Å². The number of benzene rings is 2. The van der Waals surface area contributed by atoms with Crippen LogP contribution in [0.1, 0.15) is 51.5 Å². The number of nitrogens with zero attached hydrogens (tertiary/aromatic N) is 2. The Bertz CT molecular complexity index is 1220. The summed E-state index contributed by atoms with van der Waals surface area (Å²) in [6.07, 6.45) is 7.91. The number of nitrogens with one attached hydrogen (secondary N) is 1. The molecule has 0 bridgehead atoms. The summed E-state index contributed by atoms with van der Waals surface area (Å²) in [6.45, 7) is 9.12. The highest BCUT2D eigenvalue weighted by atomic mass is 127. The van der Waals surface area contributed by atoms with Gasteiger partial charge in [0.1, 0.15) is 11.2 Å². The van der Waals surface area contributed by atoms with E-state index < -0.39 is 0 Å². The lowest BCUT2D eigenvalue weighted by Gasteiger charge is -2.18. The molecule has 0 radical (unpaired) electrons. The maximum absolute atomic E-state index is 12.5. The molecule has 1 amide bonds. The summed E-state index contributed by atoms with van der Waals surface area (Å²) in [5.74, 6) is 0.132. The van der Waals surface area contributed by atoms with Crippen molar-refractivity contribution in [2.75, 3.05) is 18.0 Å². The maximum Gasteiger partial charge on any atom is 0.263 e. The van der Waals surface area contributed by atoms with Gasteiger partial charge in [-0.05, 0) is 56.5 Å². The molecule has 0 saturated carbocycles. The molecule has 2 heterocycles. The summed E-state index contributed by atoms with van der Waals surface area (Å²) < 4.78 is 3.66. The van der Waals surface area contributed by atoms with Gasteiger partial charge in [0.05, 0.1) is 10.7 Å². The lowest BCUT2D eigenvalue weighted by molar-refractivity contribution is -0.665. The number of aryl methyl sites for hydroxylation is 1. The highest BCUT2D eigenvalue weighted by Gasteiger charge is 2.24. The first-order valence-electron chi connectivity index (χ1n) is 12.3. The third-order valence-electron chi connectivity index (χ3n) is 6.02. The van der Waals surface area contributed by atoms with Gasteiger partial charge < -0.3 is 34.2 Å². The van der Waals surface area contributed by atoms with Gasteiger partial charge in [-0.1, -0.05) is 60.7 Å². The molecule has 1 aliphatic heterocycles. The van der Waals surface area contributed by atoms with Crippen molar-refractivity contribution in [1.29, 1.82) is 0 Å². The number of unbranched alkanes of at least 4 members (excludes halogenated alkanes) is 1. The second kappa shape index (κ2) is 13.5. The van der Waals surface area contributed by atoms with Gasteiger partial charge in [0.25, 0.3) is 5.01 Å². The minimum absolute atomic E-state index is 0. The second-order valence-corrected chi connectivity index (χ2v) is 10.5. The Morgan fingerprint density at radius 1 is 1.06 bits per heavy atom. The predicted octanol–water partition coefficient (Wildman–Crippen LogP) is 3.77. The molecule has 186 valence electrons. The quantitative estimate of drug-likeness (QED) is 0.214. The van der Waals surface area contributed by atoms with E-state index in [1.807, 2.05) is 23.1 Å². The van der Waals surface area contributed by atoms with E-state index in [4.69, 9.17) is 0 Å². The number of hydrogen-bond acceptors (Lipinski definition) is 4. The summed E-state index contributed by atoms with van der Waals surface area (Å²) in [5, 5.41) is 5.52. The van der Waals surface area contributed by atoms with Crippen LogP contribution in [-0.4, -0.2) is 19.0 Å². The summed E-state index contributed by atoms with van der Waals surface area (Å²) >= 11 is 3.63. The van der Waals surface area contributed by atoms with E-state index in [1.54, 1.807) is 0 Å². The van der Waals surface area contributed by atoms with Crippen LogP contribution < -0.4 is 38.8 Å². The van der Waals surface area contributed by atoms with Gasteiger partial charge in [-0.2, -0.15) is 4.57 Å². The number of anilines is 1. The first kappa shape index (κ1) is 27.7. The molecule has 7 heteroatoms. The van der Waals surface area contributed by atoms with Gasteiger partial charge in [-0.3, -0.25) is 4.79 Å². The molecule has 0 saturated heterocycles. The van der Waals surface area contributed by atoms with Crippen molar-refractivity contribution in [3.05, 3.63) is 70.2 Å². The van der Waals surface area contributed by atoms with Gasteiger partial charge in [0, 0.05) is 36.5 Å². The number of amides is 1. The molecule has 0 spiro atoms. The smallest absolute Gasteiger partial charge is 0.263 e. The molecule has 35 heavy (non-hydrogen) atoms. The average molecular weight is 620 g/mol. The SMILES string of the molecule is CCCCNC(=O)CCC(/C=C1\Sc2ccccc2N1CC)=C\c1sc2ccccc2[n+]1CC.[I-]. The van der Waals surface area contributed by atoms with Gasteiger partial charge in [0.2, 0.25) is 11.4 Å². The highest BCUT2D eigenvalue weighted by molar-refractivity contribution is 8.03. The molecule has 1 aliphatic rings. The number of allylic oxidation sites excluding steroid dienone is 2. The second-order valence-electron chi connectivity index (χ2n) is 8.37. The third kappa shape index (κ3) is 6.68. The highest BCUT2D eigenvalue weighted by Crippen LogP contribution is 2.46. The summed E-state index contributed by atoms with van der Waals surface area (Å²) in [5.41, 5.74) is 3.72. The van der Waals surface area contributed by atoms with Crippen molar-refractivity contribution in [3.8, 4) is 0 Å². The van der Waals surface area contributed by atoms with Crippen molar-refractivity contribution in [1.82, 2.24) is 5.32 Å². The number of halogens is 1. The zero-order valence-corrected chi connectivity index (χ0v) is 24.5. The summed E-state index contributed by atoms with van der Waals surface area (Å²) in [4.78, 5) is 16.2. The lowest BCUT2D eigenvalue weighted by Crippen LogP contribution is -3.00. The number of hydrogen-bond donors (Lipinski definition) is 1. The zero-order chi connectivity index (χ0) is 23.9. The maximum atomic E-state index is 12.5. The number of thioether (sulfide) groups is 1. The Kier molecular flexibility index (Phi) is 10.7. The first-order valence-corrected chi connectivity index (χ1v) is 13.9. The Hall–Kier alpha value is -1.84. The predicted molar refractivity (Wildman–Crippen MR) is 146 cm³/mol. The van der Waals surface area contributed by atoms with E-state index in [1.165, 1.54) is 36.4 Å². The van der Waals surface area contributed by atoms with Crippen LogP contribution in [0.2, 0.25) is 0 Å². The monoisotopic (exact) mass is 619 g/mol. The van der Waals surface area contributed by atoms with Crippen LogP contribution in [0.25, 0.3) is 16.3 Å². The van der Waals surface area contributed by atoms with Crippen LogP contribution in [0, 0.1) is 0 Å². The summed E-state index contributed by atoms with van der Waals surface area (Å²) in [6, 6.07) is 17.1. The molecule has 4 nitrogen and oxygen atoms in total. The molecular weight excluding hydrogens is 585 g/mol. The number of aromatic nitrogens is 1. The fraction of sp³-hybridized carbons (Fsp3) is 0.357. The van der Waals surface area contributed by atoms with Gasteiger partial charge in [-0.25, -0.2) is 0 Å². The summed E-state index contributed by atoms with van der Waals surface area (Å²) in [7, 11) is 0. The van der Waals surface area contributed by atoms with Crippen molar-refractivity contribution in [2.24, 2.45) is 0 Å². The largest absolute Gasteiger partial charge is 1.00 e. The Balaban J connectivity index is 0.00000342. The normalized spacial score (nSPS) is 14.3. The van der Waals surface area contributed by atoms with E-state index in [0.29, 0.717) is 12.8 Å². The minimum Gasteiger partial charge on any atom is -1.00 e. The van der Waals surface area contributed by atoms with Crippen LogP contribution in [0.4, 0.5) is 5.69 Å². The van der Waals surface area contributed by atoms with E-state index in [0.717, 1.165) is 32.5 Å². The number of para-hydroxylation sites is 2. The molecule has 4 rings (SSSR count). The molecule has 2 aromatic carbocycles. The lowest BCUT2D eigenvalue weighted by atomic mass is 10.1. The zero-order valence-electron chi connectivity index (χ0n) is 20.7. The molecule has 0 atom stereocenters. The molecule has 1 N–H and O–H groups in total. The van der Waals surface area contributed by atoms with Gasteiger partial charge in [0.15, 0.2) is 0 Å². The van der Waals surface area contributed by atoms with Crippen LogP contribution >= 0.6 is 23.1 Å². The van der Waals surface area contributed by atoms with E-state index in [9.17, 15) is 4.79 Å². The van der Waals surface area contributed by atoms with Crippen molar-refractivity contribution in [2.45, 2.75) is 57.9 Å². The molecule has 0 unspecified atom stereocenters.